The predicted octanol–water partition coefficient (Wildman–Crippen LogP) is 7.12. The summed E-state index contributed by atoms with van der Waals surface area (Å²) >= 11 is 19.3. The average molecular weight is 579 g/mol. The number of carbonyl (C=O) groups is 3. The Bertz CT molecular complexity index is 1420. The van der Waals surface area contributed by atoms with Crippen LogP contribution in [0.25, 0.3) is 6.08 Å². The highest BCUT2D eigenvalue weighted by Gasteiger charge is 2.35. The van der Waals surface area contributed by atoms with Crippen molar-refractivity contribution in [2.24, 2.45) is 0 Å². The smallest absolute Gasteiger partial charge is 0.343 e. The van der Waals surface area contributed by atoms with Crippen LogP contribution in [0.5, 0.6) is 17.2 Å². The van der Waals surface area contributed by atoms with Gasteiger partial charge in [0.1, 0.15) is 5.75 Å². The summed E-state index contributed by atoms with van der Waals surface area (Å²) in [6, 6.07) is 14.3. The molecule has 0 N–H and O–H groups in total. The molecule has 2 amide bonds. The highest BCUT2D eigenvalue weighted by molar-refractivity contribution is 8.18. The molecule has 1 saturated heterocycles. The van der Waals surface area contributed by atoms with Gasteiger partial charge in [-0.1, -0.05) is 40.9 Å². The van der Waals surface area contributed by atoms with Crippen molar-refractivity contribution in [3.8, 4) is 17.2 Å². The number of methoxy groups -OCH3 is 2. The third-order valence-corrected chi connectivity index (χ3v) is 7.06. The van der Waals surface area contributed by atoms with E-state index in [4.69, 9.17) is 49.0 Å². The number of amides is 2. The third-order valence-electron chi connectivity index (χ3n) is 5.29. The first-order valence-corrected chi connectivity index (χ1v) is 12.6. The molecule has 3 aromatic carbocycles. The lowest BCUT2D eigenvalue weighted by Crippen LogP contribution is -2.27. The molecular formula is C26H18Cl3NO6S. The maximum atomic E-state index is 13.0. The van der Waals surface area contributed by atoms with Crippen LogP contribution in [0.2, 0.25) is 15.1 Å². The molecule has 0 saturated carbocycles. The molecule has 1 aliphatic heterocycles. The SMILES string of the molecule is COc1ccc(C(=O)Oc2c(Cl)cc(/C=C3\SC(=O)N(Cc4ccc(Cl)cc4Cl)C3=O)cc2OC)cc1. The van der Waals surface area contributed by atoms with Crippen LogP contribution in [0.1, 0.15) is 21.5 Å². The molecule has 7 nitrogen and oxygen atoms in total. The summed E-state index contributed by atoms with van der Waals surface area (Å²) in [5, 5.41) is 0.448. The number of nitrogens with zero attached hydrogens (tertiary/aromatic N) is 1. The van der Waals surface area contributed by atoms with Crippen molar-refractivity contribution < 1.29 is 28.6 Å². The zero-order valence-electron chi connectivity index (χ0n) is 19.4. The minimum Gasteiger partial charge on any atom is -0.497 e. The predicted molar refractivity (Wildman–Crippen MR) is 144 cm³/mol. The summed E-state index contributed by atoms with van der Waals surface area (Å²) in [6.45, 7) is 0.00232. The van der Waals surface area contributed by atoms with E-state index in [9.17, 15) is 14.4 Å². The van der Waals surface area contributed by atoms with Gasteiger partial charge in [-0.05, 0) is 77.5 Å². The maximum Gasteiger partial charge on any atom is 0.343 e. The summed E-state index contributed by atoms with van der Waals surface area (Å²) in [5.74, 6) is -0.332. The number of halogens is 3. The fraction of sp³-hybridized carbons (Fsp3) is 0.115. The lowest BCUT2D eigenvalue weighted by atomic mass is 10.1. The minimum atomic E-state index is -0.641. The molecule has 1 aliphatic rings. The monoisotopic (exact) mass is 577 g/mol. The second-order valence-corrected chi connectivity index (χ2v) is 9.90. The van der Waals surface area contributed by atoms with E-state index in [1.54, 1.807) is 48.5 Å². The van der Waals surface area contributed by atoms with E-state index < -0.39 is 17.1 Å². The number of hydrogen-bond donors (Lipinski definition) is 0. The van der Waals surface area contributed by atoms with Crippen LogP contribution in [0.4, 0.5) is 4.79 Å². The zero-order valence-corrected chi connectivity index (χ0v) is 22.5. The van der Waals surface area contributed by atoms with E-state index in [-0.39, 0.29) is 33.5 Å². The van der Waals surface area contributed by atoms with Gasteiger partial charge in [0.2, 0.25) is 0 Å². The molecule has 3 aromatic rings. The Hall–Kier alpha value is -3.17. The van der Waals surface area contributed by atoms with E-state index in [1.807, 2.05) is 0 Å². The topological polar surface area (TPSA) is 82.1 Å². The number of benzene rings is 3. The first-order chi connectivity index (χ1) is 17.7. The zero-order chi connectivity index (χ0) is 26.7. The lowest BCUT2D eigenvalue weighted by Gasteiger charge is -2.14. The Kier molecular flexibility index (Phi) is 8.34. The molecule has 1 fully saturated rings. The number of esters is 1. The summed E-state index contributed by atoms with van der Waals surface area (Å²) in [4.78, 5) is 39.4. The average Bonchev–Trinajstić information content (AvgIpc) is 3.14. The van der Waals surface area contributed by atoms with Gasteiger partial charge in [0.25, 0.3) is 11.1 Å². The molecular weight excluding hydrogens is 561 g/mol. The molecule has 0 aromatic heterocycles. The van der Waals surface area contributed by atoms with Crippen molar-refractivity contribution in [2.75, 3.05) is 14.2 Å². The number of ether oxygens (including phenoxy) is 3. The lowest BCUT2D eigenvalue weighted by molar-refractivity contribution is -0.123. The molecule has 0 unspecified atom stereocenters. The van der Waals surface area contributed by atoms with Gasteiger partial charge in [-0.3, -0.25) is 14.5 Å². The Morgan fingerprint density at radius 2 is 1.68 bits per heavy atom. The van der Waals surface area contributed by atoms with Crippen LogP contribution in [0.15, 0.2) is 59.5 Å². The second-order valence-electron chi connectivity index (χ2n) is 7.66. The van der Waals surface area contributed by atoms with Crippen LogP contribution in [-0.4, -0.2) is 36.2 Å². The Balaban J connectivity index is 1.55. The highest BCUT2D eigenvalue weighted by Crippen LogP contribution is 2.40. The molecule has 11 heteroatoms. The standard InChI is InChI=1S/C26H18Cl3NO6S/c1-34-18-7-4-15(5-8-18)25(32)36-23-20(29)9-14(10-21(23)35-2)11-22-24(31)30(26(33)37-22)13-16-3-6-17(27)12-19(16)28/h3-12H,13H2,1-2H3/b22-11-. The van der Waals surface area contributed by atoms with Crippen LogP contribution in [0, 0.1) is 0 Å². The van der Waals surface area contributed by atoms with E-state index in [2.05, 4.69) is 0 Å². The number of thioether (sulfide) groups is 1. The van der Waals surface area contributed by atoms with Crippen LogP contribution in [0.3, 0.4) is 0 Å². The Morgan fingerprint density at radius 3 is 2.32 bits per heavy atom. The van der Waals surface area contributed by atoms with Crippen molar-refractivity contribution in [3.05, 3.63) is 91.3 Å². The molecule has 0 radical (unpaired) electrons. The van der Waals surface area contributed by atoms with Crippen molar-refractivity contribution in [1.82, 2.24) is 4.90 Å². The van der Waals surface area contributed by atoms with Crippen LogP contribution in [-0.2, 0) is 11.3 Å². The molecule has 1 heterocycles. The largest absolute Gasteiger partial charge is 0.497 e. The second kappa shape index (κ2) is 11.5. The molecule has 190 valence electrons. The van der Waals surface area contributed by atoms with Crippen molar-refractivity contribution >= 4 is 69.8 Å². The van der Waals surface area contributed by atoms with Gasteiger partial charge >= 0.3 is 5.97 Å². The molecule has 37 heavy (non-hydrogen) atoms. The molecule has 0 atom stereocenters. The van der Waals surface area contributed by atoms with Gasteiger partial charge in [-0.15, -0.1) is 0 Å². The Morgan fingerprint density at radius 1 is 0.946 bits per heavy atom. The van der Waals surface area contributed by atoms with E-state index >= 15 is 0 Å². The van der Waals surface area contributed by atoms with Gasteiger partial charge in [0.05, 0.1) is 36.3 Å². The molecule has 0 bridgehead atoms. The fourth-order valence-electron chi connectivity index (χ4n) is 3.41. The van der Waals surface area contributed by atoms with Gasteiger partial charge in [-0.25, -0.2) is 4.79 Å². The number of carbonyl (C=O) groups excluding carboxylic acids is 3. The molecule has 0 aliphatic carbocycles. The summed E-state index contributed by atoms with van der Waals surface area (Å²) in [6.07, 6.45) is 1.51. The fourth-order valence-corrected chi connectivity index (χ4v) is 4.97. The van der Waals surface area contributed by atoms with Gasteiger partial charge in [-0.2, -0.15) is 0 Å². The van der Waals surface area contributed by atoms with Gasteiger partial charge in [0, 0.05) is 10.0 Å². The first kappa shape index (κ1) is 26.9. The Labute approximate surface area is 231 Å². The summed E-state index contributed by atoms with van der Waals surface area (Å²) < 4.78 is 15.9. The normalized spacial score (nSPS) is 14.3. The quantitative estimate of drug-likeness (QED) is 0.168. The van der Waals surface area contributed by atoms with E-state index in [0.717, 1.165) is 16.7 Å². The minimum absolute atomic E-state index is 0.00232. The van der Waals surface area contributed by atoms with Gasteiger partial charge in [0.15, 0.2) is 11.5 Å². The van der Waals surface area contributed by atoms with Crippen LogP contribution < -0.4 is 14.2 Å². The summed E-state index contributed by atoms with van der Waals surface area (Å²) in [5.41, 5.74) is 1.35. The number of imide groups is 1. The first-order valence-electron chi connectivity index (χ1n) is 10.6. The summed E-state index contributed by atoms with van der Waals surface area (Å²) in [7, 11) is 2.92. The third kappa shape index (κ3) is 6.05. The molecule has 4 rings (SSSR count). The van der Waals surface area contributed by atoms with Crippen LogP contribution >= 0.6 is 46.6 Å². The number of rotatable bonds is 7. The van der Waals surface area contributed by atoms with Crippen molar-refractivity contribution in [3.63, 3.8) is 0 Å². The van der Waals surface area contributed by atoms with Crippen molar-refractivity contribution in [1.29, 1.82) is 0 Å². The van der Waals surface area contributed by atoms with Gasteiger partial charge < -0.3 is 14.2 Å². The van der Waals surface area contributed by atoms with Crippen molar-refractivity contribution in [2.45, 2.75) is 6.54 Å². The van der Waals surface area contributed by atoms with E-state index in [1.165, 1.54) is 26.4 Å². The number of hydrogen-bond acceptors (Lipinski definition) is 7. The molecule has 0 spiro atoms. The highest BCUT2D eigenvalue weighted by atomic mass is 35.5. The van der Waals surface area contributed by atoms with E-state index in [0.29, 0.717) is 26.9 Å². The maximum absolute atomic E-state index is 13.0.